The normalized spacial score (nSPS) is 15.5. The SMILES string of the molecule is O=C(O)CN(CC(=O)O)C(=O)NCC1Cc2ccccc21. The summed E-state index contributed by atoms with van der Waals surface area (Å²) >= 11 is 0. The molecule has 7 nitrogen and oxygen atoms in total. The van der Waals surface area contributed by atoms with E-state index in [-0.39, 0.29) is 5.92 Å². The molecule has 112 valence electrons. The van der Waals surface area contributed by atoms with E-state index in [2.05, 4.69) is 5.32 Å². The Kier molecular flexibility index (Phi) is 4.42. The summed E-state index contributed by atoms with van der Waals surface area (Å²) < 4.78 is 0. The lowest BCUT2D eigenvalue weighted by molar-refractivity contribution is -0.140. The summed E-state index contributed by atoms with van der Waals surface area (Å²) in [7, 11) is 0. The quantitative estimate of drug-likeness (QED) is 0.708. The number of amides is 2. The highest BCUT2D eigenvalue weighted by Crippen LogP contribution is 2.33. The standard InChI is InChI=1S/C14H16N2O5/c17-12(18)7-16(8-13(19)20)14(21)15-6-10-5-9-3-1-2-4-11(9)10/h1-4,10H,5-8H2,(H,15,21)(H,17,18)(H,19,20). The molecule has 1 aromatic rings. The Labute approximate surface area is 121 Å². The van der Waals surface area contributed by atoms with Crippen LogP contribution in [0, 0.1) is 0 Å². The van der Waals surface area contributed by atoms with E-state index in [1.54, 1.807) is 0 Å². The van der Waals surface area contributed by atoms with E-state index in [1.165, 1.54) is 11.1 Å². The van der Waals surface area contributed by atoms with E-state index in [0.29, 0.717) is 6.54 Å². The Morgan fingerprint density at radius 3 is 2.33 bits per heavy atom. The van der Waals surface area contributed by atoms with Crippen molar-refractivity contribution in [2.45, 2.75) is 12.3 Å². The van der Waals surface area contributed by atoms with Crippen LogP contribution < -0.4 is 5.32 Å². The van der Waals surface area contributed by atoms with Gasteiger partial charge in [-0.3, -0.25) is 9.59 Å². The lowest BCUT2D eigenvalue weighted by Crippen LogP contribution is -2.46. The lowest BCUT2D eigenvalue weighted by Gasteiger charge is -2.31. The monoisotopic (exact) mass is 292 g/mol. The van der Waals surface area contributed by atoms with Crippen LogP contribution >= 0.6 is 0 Å². The third kappa shape index (κ3) is 3.71. The molecule has 7 heteroatoms. The number of nitrogens with zero attached hydrogens (tertiary/aromatic N) is 1. The number of nitrogens with one attached hydrogen (secondary N) is 1. The van der Waals surface area contributed by atoms with Crippen LogP contribution in [0.4, 0.5) is 4.79 Å². The van der Waals surface area contributed by atoms with Crippen molar-refractivity contribution in [2.24, 2.45) is 0 Å². The third-order valence-electron chi connectivity index (χ3n) is 3.40. The number of urea groups is 1. The molecule has 0 radical (unpaired) electrons. The molecule has 0 aromatic heterocycles. The van der Waals surface area contributed by atoms with E-state index in [1.807, 2.05) is 24.3 Å². The van der Waals surface area contributed by atoms with Crippen molar-refractivity contribution in [1.82, 2.24) is 10.2 Å². The van der Waals surface area contributed by atoms with Crippen LogP contribution in [0.5, 0.6) is 0 Å². The fourth-order valence-electron chi connectivity index (χ4n) is 2.39. The molecule has 0 bridgehead atoms. The molecule has 0 fully saturated rings. The minimum atomic E-state index is -1.25. The maximum atomic E-state index is 11.9. The van der Waals surface area contributed by atoms with Crippen molar-refractivity contribution in [3.8, 4) is 0 Å². The zero-order valence-corrected chi connectivity index (χ0v) is 11.3. The first kappa shape index (κ1) is 14.8. The summed E-state index contributed by atoms with van der Waals surface area (Å²) in [5.41, 5.74) is 2.41. The van der Waals surface area contributed by atoms with E-state index >= 15 is 0 Å². The highest BCUT2D eigenvalue weighted by molar-refractivity contribution is 5.84. The Morgan fingerprint density at radius 1 is 1.14 bits per heavy atom. The molecule has 0 saturated carbocycles. The molecule has 2 rings (SSSR count). The summed E-state index contributed by atoms with van der Waals surface area (Å²) in [5.74, 6) is -2.30. The number of carboxylic acids is 2. The van der Waals surface area contributed by atoms with Gasteiger partial charge in [0.25, 0.3) is 0 Å². The van der Waals surface area contributed by atoms with Crippen molar-refractivity contribution in [2.75, 3.05) is 19.6 Å². The Balaban J connectivity index is 1.88. The van der Waals surface area contributed by atoms with Crippen molar-refractivity contribution in [3.63, 3.8) is 0 Å². The van der Waals surface area contributed by atoms with Gasteiger partial charge >= 0.3 is 18.0 Å². The molecule has 3 N–H and O–H groups in total. The van der Waals surface area contributed by atoms with E-state index in [4.69, 9.17) is 10.2 Å². The van der Waals surface area contributed by atoms with Crippen molar-refractivity contribution in [1.29, 1.82) is 0 Å². The number of carbonyl (C=O) groups excluding carboxylic acids is 1. The topological polar surface area (TPSA) is 107 Å². The van der Waals surface area contributed by atoms with E-state index < -0.39 is 31.1 Å². The van der Waals surface area contributed by atoms with Gasteiger partial charge in [-0.15, -0.1) is 0 Å². The number of carbonyl (C=O) groups is 3. The summed E-state index contributed by atoms with van der Waals surface area (Å²) in [6.07, 6.45) is 0.855. The second-order valence-corrected chi connectivity index (χ2v) is 4.93. The van der Waals surface area contributed by atoms with Crippen LogP contribution in [0.1, 0.15) is 17.0 Å². The first-order valence-corrected chi connectivity index (χ1v) is 6.51. The molecule has 0 aliphatic heterocycles. The van der Waals surface area contributed by atoms with Gasteiger partial charge in [-0.1, -0.05) is 24.3 Å². The highest BCUT2D eigenvalue weighted by Gasteiger charge is 2.27. The van der Waals surface area contributed by atoms with Crippen LogP contribution in [-0.2, 0) is 16.0 Å². The minimum absolute atomic E-state index is 0.196. The zero-order chi connectivity index (χ0) is 15.4. The number of aliphatic carboxylic acids is 2. The van der Waals surface area contributed by atoms with E-state index in [9.17, 15) is 14.4 Å². The van der Waals surface area contributed by atoms with Crippen molar-refractivity contribution >= 4 is 18.0 Å². The average Bonchev–Trinajstić information content (AvgIpc) is 2.37. The summed E-state index contributed by atoms with van der Waals surface area (Å²) in [4.78, 5) is 33.9. The van der Waals surface area contributed by atoms with Gasteiger partial charge in [-0.05, 0) is 17.5 Å². The second kappa shape index (κ2) is 6.25. The molecule has 2 amide bonds. The van der Waals surface area contributed by atoms with Gasteiger partial charge < -0.3 is 20.4 Å². The first-order chi connectivity index (χ1) is 9.97. The molecule has 0 spiro atoms. The highest BCUT2D eigenvalue weighted by atomic mass is 16.4. The number of fused-ring (bicyclic) bond motifs is 1. The predicted molar refractivity (Wildman–Crippen MR) is 73.1 cm³/mol. The molecule has 0 saturated heterocycles. The molecular formula is C14H16N2O5. The Hall–Kier alpha value is -2.57. The van der Waals surface area contributed by atoms with Crippen molar-refractivity contribution in [3.05, 3.63) is 35.4 Å². The third-order valence-corrected chi connectivity index (χ3v) is 3.40. The summed E-state index contributed by atoms with van der Waals surface area (Å²) in [5, 5.41) is 20.0. The van der Waals surface area contributed by atoms with Crippen LogP contribution in [-0.4, -0.2) is 52.7 Å². The largest absolute Gasteiger partial charge is 0.480 e. The number of carboxylic acid groups (broad SMARTS) is 2. The fourth-order valence-corrected chi connectivity index (χ4v) is 2.39. The maximum Gasteiger partial charge on any atom is 0.323 e. The number of rotatable bonds is 6. The molecule has 1 atom stereocenters. The predicted octanol–water partition coefficient (Wildman–Crippen LogP) is 0.507. The molecule has 1 aromatic carbocycles. The molecule has 0 heterocycles. The van der Waals surface area contributed by atoms with Crippen LogP contribution in [0.2, 0.25) is 0 Å². The smallest absolute Gasteiger partial charge is 0.323 e. The van der Waals surface area contributed by atoms with Gasteiger partial charge in [-0.2, -0.15) is 0 Å². The van der Waals surface area contributed by atoms with Gasteiger partial charge in [0.1, 0.15) is 13.1 Å². The number of benzene rings is 1. The summed E-state index contributed by atoms with van der Waals surface area (Å²) in [6, 6.07) is 7.21. The number of hydrogen-bond donors (Lipinski definition) is 3. The first-order valence-electron chi connectivity index (χ1n) is 6.51. The lowest BCUT2D eigenvalue weighted by atomic mass is 9.78. The van der Waals surface area contributed by atoms with Crippen LogP contribution in [0.25, 0.3) is 0 Å². The van der Waals surface area contributed by atoms with Crippen molar-refractivity contribution < 1.29 is 24.6 Å². The zero-order valence-electron chi connectivity index (χ0n) is 11.3. The van der Waals surface area contributed by atoms with E-state index in [0.717, 1.165) is 11.3 Å². The van der Waals surface area contributed by atoms with Gasteiger partial charge in [0.15, 0.2) is 0 Å². The maximum absolute atomic E-state index is 11.9. The fraction of sp³-hybridized carbons (Fsp3) is 0.357. The second-order valence-electron chi connectivity index (χ2n) is 4.93. The number of hydrogen-bond acceptors (Lipinski definition) is 3. The van der Waals surface area contributed by atoms with Gasteiger partial charge in [0.2, 0.25) is 0 Å². The molecule has 21 heavy (non-hydrogen) atoms. The van der Waals surface area contributed by atoms with Crippen LogP contribution in [0.3, 0.4) is 0 Å². The average molecular weight is 292 g/mol. The van der Waals surface area contributed by atoms with Gasteiger partial charge in [0.05, 0.1) is 0 Å². The summed E-state index contributed by atoms with van der Waals surface area (Å²) in [6.45, 7) is -0.912. The molecule has 1 aliphatic rings. The minimum Gasteiger partial charge on any atom is -0.480 e. The molecular weight excluding hydrogens is 276 g/mol. The molecule has 1 unspecified atom stereocenters. The van der Waals surface area contributed by atoms with Gasteiger partial charge in [-0.25, -0.2) is 4.79 Å². The van der Waals surface area contributed by atoms with Gasteiger partial charge in [0, 0.05) is 12.5 Å². The Morgan fingerprint density at radius 2 is 1.76 bits per heavy atom. The molecule has 1 aliphatic carbocycles. The Bertz CT molecular complexity index is 556. The van der Waals surface area contributed by atoms with Crippen LogP contribution in [0.15, 0.2) is 24.3 Å².